The highest BCUT2D eigenvalue weighted by molar-refractivity contribution is 4.77. The Morgan fingerprint density at radius 1 is 1.17 bits per heavy atom. The fourth-order valence-corrected chi connectivity index (χ4v) is 0.560. The van der Waals surface area contributed by atoms with Crippen LogP contribution in [0.3, 0.4) is 0 Å². The van der Waals surface area contributed by atoms with Gasteiger partial charge in [0.25, 0.3) is 0 Å². The van der Waals surface area contributed by atoms with Crippen molar-refractivity contribution >= 4 is 0 Å². The number of hydrogen-bond acceptors (Lipinski definition) is 1. The Morgan fingerprint density at radius 3 is 1.83 bits per heavy atom. The standard InChI is InChI=1S/C6H9F5O/c1-4(12-2)3-5(7,8)6(9,10)11/h4H,3H2,1-2H3. The van der Waals surface area contributed by atoms with Gasteiger partial charge in [-0.05, 0) is 6.92 Å². The summed E-state index contributed by atoms with van der Waals surface area (Å²) in [5.74, 6) is -4.66. The van der Waals surface area contributed by atoms with Crippen LogP contribution in [-0.2, 0) is 4.74 Å². The van der Waals surface area contributed by atoms with Gasteiger partial charge in [0.2, 0.25) is 0 Å². The molecule has 0 heterocycles. The molecule has 6 heteroatoms. The number of hydrogen-bond donors (Lipinski definition) is 0. The minimum absolute atomic E-state index is 1.08. The van der Waals surface area contributed by atoms with Crippen LogP contribution in [0.25, 0.3) is 0 Å². The minimum Gasteiger partial charge on any atom is -0.382 e. The van der Waals surface area contributed by atoms with E-state index in [1.54, 1.807) is 0 Å². The number of alkyl halides is 5. The van der Waals surface area contributed by atoms with E-state index >= 15 is 0 Å². The molecule has 0 saturated carbocycles. The summed E-state index contributed by atoms with van der Waals surface area (Å²) in [7, 11) is 1.08. The Morgan fingerprint density at radius 2 is 1.58 bits per heavy atom. The molecule has 0 aliphatic heterocycles. The van der Waals surface area contributed by atoms with Crippen molar-refractivity contribution in [2.24, 2.45) is 0 Å². The first kappa shape index (κ1) is 11.6. The van der Waals surface area contributed by atoms with Gasteiger partial charge in [-0.3, -0.25) is 0 Å². The van der Waals surface area contributed by atoms with Crippen molar-refractivity contribution < 1.29 is 26.7 Å². The molecule has 0 radical (unpaired) electrons. The molecule has 0 N–H and O–H groups in total. The van der Waals surface area contributed by atoms with Gasteiger partial charge < -0.3 is 4.74 Å². The van der Waals surface area contributed by atoms with Gasteiger partial charge in [-0.25, -0.2) is 0 Å². The van der Waals surface area contributed by atoms with Gasteiger partial charge in [0.05, 0.1) is 6.10 Å². The van der Waals surface area contributed by atoms with E-state index in [1.807, 2.05) is 0 Å². The summed E-state index contributed by atoms with van der Waals surface area (Å²) in [6, 6.07) is 0. The van der Waals surface area contributed by atoms with E-state index in [0.29, 0.717) is 0 Å². The van der Waals surface area contributed by atoms with Crippen LogP contribution in [0.4, 0.5) is 22.0 Å². The molecule has 0 aromatic rings. The summed E-state index contributed by atoms with van der Waals surface area (Å²) in [6.07, 6.45) is -7.94. The summed E-state index contributed by atoms with van der Waals surface area (Å²) in [4.78, 5) is 0. The molecule has 0 rings (SSSR count). The Bertz CT molecular complexity index is 141. The van der Waals surface area contributed by atoms with Crippen LogP contribution in [0.15, 0.2) is 0 Å². The molecule has 12 heavy (non-hydrogen) atoms. The highest BCUT2D eigenvalue weighted by Gasteiger charge is 2.57. The first-order chi connectivity index (χ1) is 5.20. The van der Waals surface area contributed by atoms with E-state index < -0.39 is 24.6 Å². The van der Waals surface area contributed by atoms with E-state index in [2.05, 4.69) is 4.74 Å². The summed E-state index contributed by atoms with van der Waals surface area (Å²) in [5.41, 5.74) is 0. The third-order valence-corrected chi connectivity index (χ3v) is 1.36. The minimum atomic E-state index is -5.49. The van der Waals surface area contributed by atoms with Crippen molar-refractivity contribution in [1.29, 1.82) is 0 Å². The maximum atomic E-state index is 12.2. The molecule has 0 aromatic carbocycles. The lowest BCUT2D eigenvalue weighted by molar-refractivity contribution is -0.290. The van der Waals surface area contributed by atoms with Gasteiger partial charge in [0, 0.05) is 13.5 Å². The summed E-state index contributed by atoms with van der Waals surface area (Å²) < 4.78 is 63.2. The number of ether oxygens (including phenoxy) is 1. The molecule has 0 fully saturated rings. The van der Waals surface area contributed by atoms with Crippen molar-refractivity contribution in [3.05, 3.63) is 0 Å². The molecular weight excluding hydrogens is 183 g/mol. The maximum absolute atomic E-state index is 12.2. The average molecular weight is 192 g/mol. The van der Waals surface area contributed by atoms with Crippen LogP contribution >= 0.6 is 0 Å². The first-order valence-electron chi connectivity index (χ1n) is 3.18. The fourth-order valence-electron chi connectivity index (χ4n) is 0.560. The van der Waals surface area contributed by atoms with Crippen molar-refractivity contribution in [2.75, 3.05) is 7.11 Å². The van der Waals surface area contributed by atoms with Crippen LogP contribution in [-0.4, -0.2) is 25.3 Å². The van der Waals surface area contributed by atoms with Crippen LogP contribution in [0.2, 0.25) is 0 Å². The molecule has 0 saturated heterocycles. The molecule has 0 amide bonds. The Hall–Kier alpha value is -0.390. The van der Waals surface area contributed by atoms with E-state index in [9.17, 15) is 22.0 Å². The zero-order valence-corrected chi connectivity index (χ0v) is 6.58. The highest BCUT2D eigenvalue weighted by atomic mass is 19.4. The van der Waals surface area contributed by atoms with Gasteiger partial charge >= 0.3 is 12.1 Å². The summed E-state index contributed by atoms with van der Waals surface area (Å²) >= 11 is 0. The SMILES string of the molecule is COC(C)CC(F)(F)C(F)(F)F. The predicted octanol–water partition coefficient (Wildman–Crippen LogP) is 2.61. The molecule has 0 aliphatic carbocycles. The third kappa shape index (κ3) is 2.92. The lowest BCUT2D eigenvalue weighted by atomic mass is 10.1. The van der Waals surface area contributed by atoms with Crippen LogP contribution < -0.4 is 0 Å². The van der Waals surface area contributed by atoms with Crippen LogP contribution in [0.5, 0.6) is 0 Å². The van der Waals surface area contributed by atoms with E-state index in [1.165, 1.54) is 0 Å². The zero-order valence-electron chi connectivity index (χ0n) is 6.58. The van der Waals surface area contributed by atoms with Gasteiger partial charge in [-0.15, -0.1) is 0 Å². The molecule has 0 bridgehead atoms. The van der Waals surface area contributed by atoms with Gasteiger partial charge in [-0.2, -0.15) is 22.0 Å². The normalized spacial score (nSPS) is 16.2. The second-order valence-corrected chi connectivity index (χ2v) is 2.45. The molecule has 0 aliphatic rings. The lowest BCUT2D eigenvalue weighted by Gasteiger charge is -2.21. The number of methoxy groups -OCH3 is 1. The zero-order chi connectivity index (χ0) is 9.99. The van der Waals surface area contributed by atoms with E-state index in [4.69, 9.17) is 0 Å². The molecule has 1 unspecified atom stereocenters. The number of rotatable bonds is 3. The van der Waals surface area contributed by atoms with E-state index in [0.717, 1.165) is 14.0 Å². The Labute approximate surface area is 66.5 Å². The van der Waals surface area contributed by atoms with Gasteiger partial charge in [0.15, 0.2) is 0 Å². The predicted molar refractivity (Wildman–Crippen MR) is 32.1 cm³/mol. The Balaban J connectivity index is 4.22. The average Bonchev–Trinajstić information content (AvgIpc) is 1.84. The summed E-state index contributed by atoms with van der Waals surface area (Å²) in [5, 5.41) is 0. The van der Waals surface area contributed by atoms with Crippen molar-refractivity contribution in [2.45, 2.75) is 31.5 Å². The molecular formula is C6H9F5O. The molecule has 74 valence electrons. The molecule has 1 atom stereocenters. The van der Waals surface area contributed by atoms with Crippen molar-refractivity contribution in [3.8, 4) is 0 Å². The van der Waals surface area contributed by atoms with Crippen molar-refractivity contribution in [3.63, 3.8) is 0 Å². The monoisotopic (exact) mass is 192 g/mol. The second-order valence-electron chi connectivity index (χ2n) is 2.45. The summed E-state index contributed by atoms with van der Waals surface area (Å²) in [6.45, 7) is 1.15. The highest BCUT2D eigenvalue weighted by Crippen LogP contribution is 2.39. The van der Waals surface area contributed by atoms with Crippen LogP contribution in [0, 0.1) is 0 Å². The van der Waals surface area contributed by atoms with Gasteiger partial charge in [0.1, 0.15) is 0 Å². The molecule has 0 spiro atoms. The second kappa shape index (κ2) is 3.55. The maximum Gasteiger partial charge on any atom is 0.453 e. The van der Waals surface area contributed by atoms with Crippen molar-refractivity contribution in [1.82, 2.24) is 0 Å². The first-order valence-corrected chi connectivity index (χ1v) is 3.18. The fraction of sp³-hybridized carbons (Fsp3) is 1.00. The topological polar surface area (TPSA) is 9.23 Å². The van der Waals surface area contributed by atoms with Gasteiger partial charge in [-0.1, -0.05) is 0 Å². The lowest BCUT2D eigenvalue weighted by Crippen LogP contribution is -2.39. The molecule has 0 aromatic heterocycles. The van der Waals surface area contributed by atoms with Crippen LogP contribution in [0.1, 0.15) is 13.3 Å². The number of halogens is 5. The quantitative estimate of drug-likeness (QED) is 0.624. The third-order valence-electron chi connectivity index (χ3n) is 1.36. The smallest absolute Gasteiger partial charge is 0.382 e. The van der Waals surface area contributed by atoms with E-state index in [-0.39, 0.29) is 0 Å². The Kier molecular flexibility index (Phi) is 3.44. The largest absolute Gasteiger partial charge is 0.453 e. The molecule has 1 nitrogen and oxygen atoms in total.